The van der Waals surface area contributed by atoms with Crippen LogP contribution in [0, 0.1) is 0 Å². The van der Waals surface area contributed by atoms with Crippen molar-refractivity contribution >= 4 is 17.3 Å². The molecule has 3 rings (SSSR count). The van der Waals surface area contributed by atoms with Gasteiger partial charge in [-0.1, -0.05) is 25.4 Å². The Morgan fingerprint density at radius 1 is 1.37 bits per heavy atom. The van der Waals surface area contributed by atoms with Crippen LogP contribution in [-0.2, 0) is 0 Å². The molecule has 1 aromatic carbocycles. The van der Waals surface area contributed by atoms with E-state index in [1.807, 2.05) is 12.4 Å². The average Bonchev–Trinajstić information content (AvgIpc) is 2.90. The fourth-order valence-electron chi connectivity index (χ4n) is 2.83. The molecule has 0 saturated heterocycles. The lowest BCUT2D eigenvalue weighted by molar-refractivity contribution is 0.679. The maximum atomic E-state index is 6.29. The van der Waals surface area contributed by atoms with Crippen molar-refractivity contribution in [3.05, 3.63) is 46.5 Å². The van der Waals surface area contributed by atoms with Crippen LogP contribution in [0.5, 0.6) is 0 Å². The van der Waals surface area contributed by atoms with Gasteiger partial charge in [0.25, 0.3) is 0 Å². The molecule has 2 N–H and O–H groups in total. The molecule has 0 bridgehead atoms. The highest BCUT2D eigenvalue weighted by molar-refractivity contribution is 6.30. The maximum Gasteiger partial charge on any atom is 0.113 e. The summed E-state index contributed by atoms with van der Waals surface area (Å²) in [6.45, 7) is 5.37. The molecule has 0 aliphatic carbocycles. The number of nitrogens with one attached hydrogen (secondary N) is 2. The van der Waals surface area contributed by atoms with E-state index in [1.54, 1.807) is 0 Å². The molecule has 19 heavy (non-hydrogen) atoms. The summed E-state index contributed by atoms with van der Waals surface area (Å²) < 4.78 is 0. The van der Waals surface area contributed by atoms with Crippen molar-refractivity contribution in [3.8, 4) is 0 Å². The van der Waals surface area contributed by atoms with Gasteiger partial charge in [-0.25, -0.2) is 4.98 Å². The number of anilines is 1. The number of imidazole rings is 1. The maximum absolute atomic E-state index is 6.29. The molecular formula is C15H18ClN3. The molecule has 1 aliphatic heterocycles. The predicted molar refractivity (Wildman–Crippen MR) is 79.1 cm³/mol. The van der Waals surface area contributed by atoms with Gasteiger partial charge >= 0.3 is 0 Å². The smallest absolute Gasteiger partial charge is 0.113 e. The van der Waals surface area contributed by atoms with Gasteiger partial charge in [0.05, 0.1) is 0 Å². The van der Waals surface area contributed by atoms with Gasteiger partial charge in [-0.2, -0.15) is 0 Å². The third-order valence-corrected chi connectivity index (χ3v) is 3.96. The SMILES string of the molecule is CC(C)c1cc(Cl)cc2c1NCCC2c1ncc[nH]1. The van der Waals surface area contributed by atoms with E-state index >= 15 is 0 Å². The summed E-state index contributed by atoms with van der Waals surface area (Å²) in [4.78, 5) is 7.65. The van der Waals surface area contributed by atoms with Gasteiger partial charge in [0, 0.05) is 35.6 Å². The molecule has 100 valence electrons. The van der Waals surface area contributed by atoms with Crippen molar-refractivity contribution in [2.24, 2.45) is 0 Å². The summed E-state index contributed by atoms with van der Waals surface area (Å²) in [6, 6.07) is 4.14. The number of aromatic nitrogens is 2. The fourth-order valence-corrected chi connectivity index (χ4v) is 3.07. The zero-order chi connectivity index (χ0) is 13.4. The number of halogens is 1. The quantitative estimate of drug-likeness (QED) is 0.865. The average molecular weight is 276 g/mol. The molecule has 1 unspecified atom stereocenters. The molecular weight excluding hydrogens is 258 g/mol. The Kier molecular flexibility index (Phi) is 3.23. The molecule has 1 atom stereocenters. The van der Waals surface area contributed by atoms with E-state index in [1.165, 1.54) is 16.8 Å². The second-order valence-corrected chi connectivity index (χ2v) is 5.79. The van der Waals surface area contributed by atoms with Crippen molar-refractivity contribution in [2.45, 2.75) is 32.1 Å². The summed E-state index contributed by atoms with van der Waals surface area (Å²) >= 11 is 6.29. The minimum absolute atomic E-state index is 0.308. The first-order valence-corrected chi connectivity index (χ1v) is 7.11. The van der Waals surface area contributed by atoms with E-state index in [0.717, 1.165) is 23.8 Å². The number of aromatic amines is 1. The fraction of sp³-hybridized carbons (Fsp3) is 0.400. The monoisotopic (exact) mass is 275 g/mol. The van der Waals surface area contributed by atoms with E-state index in [0.29, 0.717) is 11.8 Å². The van der Waals surface area contributed by atoms with Gasteiger partial charge in [-0.3, -0.25) is 0 Å². The minimum atomic E-state index is 0.308. The molecule has 0 saturated carbocycles. The number of rotatable bonds is 2. The number of nitrogens with zero attached hydrogens (tertiary/aromatic N) is 1. The highest BCUT2D eigenvalue weighted by atomic mass is 35.5. The molecule has 1 aromatic heterocycles. The summed E-state index contributed by atoms with van der Waals surface area (Å²) in [5.74, 6) is 1.79. The van der Waals surface area contributed by atoms with Crippen LogP contribution in [0.1, 0.15) is 49.1 Å². The molecule has 0 radical (unpaired) electrons. The van der Waals surface area contributed by atoms with Crippen LogP contribution >= 0.6 is 11.6 Å². The molecule has 0 fully saturated rings. The van der Waals surface area contributed by atoms with Crippen molar-refractivity contribution in [1.29, 1.82) is 0 Å². The first-order valence-electron chi connectivity index (χ1n) is 6.73. The van der Waals surface area contributed by atoms with Crippen LogP contribution in [0.25, 0.3) is 0 Å². The first kappa shape index (κ1) is 12.5. The molecule has 1 aliphatic rings. The van der Waals surface area contributed by atoms with Gasteiger partial charge in [-0.15, -0.1) is 0 Å². The van der Waals surface area contributed by atoms with E-state index in [9.17, 15) is 0 Å². The van der Waals surface area contributed by atoms with E-state index in [4.69, 9.17) is 11.6 Å². The zero-order valence-electron chi connectivity index (χ0n) is 11.2. The van der Waals surface area contributed by atoms with Crippen molar-refractivity contribution < 1.29 is 0 Å². The lowest BCUT2D eigenvalue weighted by Crippen LogP contribution is -2.20. The summed E-state index contributed by atoms with van der Waals surface area (Å²) in [7, 11) is 0. The predicted octanol–water partition coefficient (Wildman–Crippen LogP) is 4.13. The minimum Gasteiger partial charge on any atom is -0.385 e. The normalized spacial score (nSPS) is 18.2. The summed E-state index contributed by atoms with van der Waals surface area (Å²) in [6.07, 6.45) is 4.73. The molecule has 0 spiro atoms. The van der Waals surface area contributed by atoms with E-state index in [2.05, 4.69) is 41.3 Å². The lowest BCUT2D eigenvalue weighted by Gasteiger charge is -2.29. The highest BCUT2D eigenvalue weighted by Gasteiger charge is 2.26. The summed E-state index contributed by atoms with van der Waals surface area (Å²) in [5.41, 5.74) is 3.79. The standard InChI is InChI=1S/C15H18ClN3/c1-9(2)12-7-10(16)8-13-11(3-4-17-14(12)13)15-18-5-6-19-15/h5-9,11,17H,3-4H2,1-2H3,(H,18,19). The second-order valence-electron chi connectivity index (χ2n) is 5.36. The van der Waals surface area contributed by atoms with Gasteiger partial charge in [0.15, 0.2) is 0 Å². The lowest BCUT2D eigenvalue weighted by atomic mass is 9.86. The van der Waals surface area contributed by atoms with E-state index < -0.39 is 0 Å². The third-order valence-electron chi connectivity index (χ3n) is 3.75. The Balaban J connectivity index is 2.14. The Morgan fingerprint density at radius 2 is 2.21 bits per heavy atom. The van der Waals surface area contributed by atoms with Gasteiger partial charge in [0.2, 0.25) is 0 Å². The van der Waals surface area contributed by atoms with Crippen LogP contribution in [0.4, 0.5) is 5.69 Å². The summed E-state index contributed by atoms with van der Waals surface area (Å²) in [5, 5.41) is 4.34. The second kappa shape index (κ2) is 4.89. The first-order chi connectivity index (χ1) is 9.16. The van der Waals surface area contributed by atoms with Crippen molar-refractivity contribution in [3.63, 3.8) is 0 Å². The Bertz CT molecular complexity index is 575. The Hall–Kier alpha value is -1.48. The van der Waals surface area contributed by atoms with Crippen LogP contribution < -0.4 is 5.32 Å². The van der Waals surface area contributed by atoms with Crippen LogP contribution in [0.3, 0.4) is 0 Å². The molecule has 2 aromatic rings. The molecule has 2 heterocycles. The van der Waals surface area contributed by atoms with Crippen LogP contribution in [-0.4, -0.2) is 16.5 Å². The number of fused-ring (bicyclic) bond motifs is 1. The number of hydrogen-bond donors (Lipinski definition) is 2. The highest BCUT2D eigenvalue weighted by Crippen LogP contribution is 2.41. The number of H-pyrrole nitrogens is 1. The van der Waals surface area contributed by atoms with E-state index in [-0.39, 0.29) is 0 Å². The molecule has 4 heteroatoms. The topological polar surface area (TPSA) is 40.7 Å². The number of hydrogen-bond acceptors (Lipinski definition) is 2. The zero-order valence-corrected chi connectivity index (χ0v) is 12.0. The molecule has 0 amide bonds. The Labute approximate surface area is 118 Å². The molecule has 3 nitrogen and oxygen atoms in total. The van der Waals surface area contributed by atoms with Crippen LogP contribution in [0.2, 0.25) is 5.02 Å². The van der Waals surface area contributed by atoms with Crippen molar-refractivity contribution in [1.82, 2.24) is 9.97 Å². The largest absolute Gasteiger partial charge is 0.385 e. The van der Waals surface area contributed by atoms with Gasteiger partial charge in [-0.05, 0) is 35.6 Å². The van der Waals surface area contributed by atoms with Gasteiger partial charge in [0.1, 0.15) is 5.82 Å². The Morgan fingerprint density at radius 3 is 2.89 bits per heavy atom. The van der Waals surface area contributed by atoms with Gasteiger partial charge < -0.3 is 10.3 Å². The van der Waals surface area contributed by atoms with Crippen LogP contribution in [0.15, 0.2) is 24.5 Å². The van der Waals surface area contributed by atoms with Crippen molar-refractivity contribution in [2.75, 3.05) is 11.9 Å². The third kappa shape index (κ3) is 2.23. The number of benzene rings is 1.